The highest BCUT2D eigenvalue weighted by atomic mass is 79.9. The minimum atomic E-state index is -0.403. The number of esters is 1. The molecular weight excluding hydrogens is 234 g/mol. The van der Waals surface area contributed by atoms with Gasteiger partial charge in [-0.1, -0.05) is 6.58 Å². The van der Waals surface area contributed by atoms with Crippen LogP contribution in [0, 0.1) is 0 Å². The van der Waals surface area contributed by atoms with Crippen molar-refractivity contribution >= 4 is 23.0 Å². The second-order valence-corrected chi connectivity index (χ2v) is 3.68. The van der Waals surface area contributed by atoms with E-state index >= 15 is 0 Å². The lowest BCUT2D eigenvalue weighted by Crippen LogP contribution is -2.44. The largest absolute Gasteiger partial charge is 0.444 e. The average molecular weight is 252 g/mol. The fourth-order valence-corrected chi connectivity index (χ4v) is 0.862. The number of hydrogen-bond acceptors (Lipinski definition) is 3. The van der Waals surface area contributed by atoms with E-state index in [1.54, 1.807) is 6.92 Å². The molecule has 78 valence electrons. The van der Waals surface area contributed by atoms with E-state index in [1.165, 1.54) is 0 Å². The molecule has 0 aliphatic rings. The van der Waals surface area contributed by atoms with E-state index in [4.69, 9.17) is 4.74 Å². The predicted molar refractivity (Wildman–Crippen MR) is 59.0 cm³/mol. The summed E-state index contributed by atoms with van der Waals surface area (Å²) < 4.78 is 4.91. The monoisotopic (exact) mass is 251 g/mol. The smallest absolute Gasteiger partial charge is 0.331 e. The Morgan fingerprint density at radius 2 is 2.00 bits per heavy atom. The molecule has 0 rings (SSSR count). The number of rotatable bonds is 3. The van der Waals surface area contributed by atoms with Crippen molar-refractivity contribution in [1.82, 2.24) is 5.32 Å². The molecule has 0 aliphatic heterocycles. The van der Waals surface area contributed by atoms with E-state index in [9.17, 15) is 4.79 Å². The summed E-state index contributed by atoms with van der Waals surface area (Å²) in [6.07, 6.45) is 0.872. The molecule has 13 heavy (non-hydrogen) atoms. The first kappa shape index (κ1) is 15.1. The Kier molecular flexibility index (Phi) is 7.17. The van der Waals surface area contributed by atoms with Crippen molar-refractivity contribution in [3.63, 3.8) is 0 Å². The zero-order chi connectivity index (χ0) is 9.78. The van der Waals surface area contributed by atoms with Gasteiger partial charge in [0.05, 0.1) is 0 Å². The van der Waals surface area contributed by atoms with Crippen molar-refractivity contribution in [3.8, 4) is 0 Å². The highest BCUT2D eigenvalue weighted by molar-refractivity contribution is 8.93. The first-order valence-electron chi connectivity index (χ1n) is 3.96. The van der Waals surface area contributed by atoms with E-state index in [0.717, 1.165) is 6.08 Å². The van der Waals surface area contributed by atoms with Crippen LogP contribution in [0.4, 0.5) is 0 Å². The van der Waals surface area contributed by atoms with Gasteiger partial charge in [-0.2, -0.15) is 0 Å². The van der Waals surface area contributed by atoms with Crippen LogP contribution < -0.4 is 5.32 Å². The van der Waals surface area contributed by atoms with Gasteiger partial charge >= 0.3 is 5.97 Å². The molecular formula is C9H18BrNO2. The highest BCUT2D eigenvalue weighted by Crippen LogP contribution is 2.01. The standard InChI is InChI=1S/C9H17NO2.BrH/c1-6-8(11)12-7(2)10-9(3,4)5;/h6-7,10H,1H2,2-5H3;1H. The lowest BCUT2D eigenvalue weighted by Gasteiger charge is -2.25. The third kappa shape index (κ3) is 9.56. The van der Waals surface area contributed by atoms with Gasteiger partial charge in [0.1, 0.15) is 0 Å². The molecule has 1 N–H and O–H groups in total. The van der Waals surface area contributed by atoms with Crippen LogP contribution in [-0.2, 0) is 9.53 Å². The molecule has 0 heterocycles. The number of ether oxygens (including phenoxy) is 1. The second-order valence-electron chi connectivity index (χ2n) is 3.68. The summed E-state index contributed by atoms with van der Waals surface area (Å²) in [5.74, 6) is -0.403. The van der Waals surface area contributed by atoms with E-state index in [0.29, 0.717) is 0 Å². The molecule has 0 fully saturated rings. The molecule has 0 bridgehead atoms. The zero-order valence-corrected chi connectivity index (χ0v) is 10.3. The fraction of sp³-hybridized carbons (Fsp3) is 0.667. The first-order valence-corrected chi connectivity index (χ1v) is 3.96. The minimum Gasteiger partial charge on any atom is -0.444 e. The van der Waals surface area contributed by atoms with Gasteiger partial charge < -0.3 is 4.74 Å². The molecule has 0 saturated carbocycles. The van der Waals surface area contributed by atoms with Crippen molar-refractivity contribution in [2.75, 3.05) is 0 Å². The normalized spacial score (nSPS) is 12.6. The van der Waals surface area contributed by atoms with Crippen LogP contribution in [0.3, 0.4) is 0 Å². The van der Waals surface area contributed by atoms with Crippen molar-refractivity contribution in [2.24, 2.45) is 0 Å². The van der Waals surface area contributed by atoms with Gasteiger partial charge in [0.2, 0.25) is 0 Å². The van der Waals surface area contributed by atoms with Crippen molar-refractivity contribution in [2.45, 2.75) is 39.5 Å². The maximum Gasteiger partial charge on any atom is 0.331 e. The van der Waals surface area contributed by atoms with Crippen LogP contribution in [0.1, 0.15) is 27.7 Å². The molecule has 0 radical (unpaired) electrons. The van der Waals surface area contributed by atoms with Gasteiger partial charge in [0.25, 0.3) is 0 Å². The molecule has 0 aromatic heterocycles. The van der Waals surface area contributed by atoms with Gasteiger partial charge in [0.15, 0.2) is 6.23 Å². The maximum atomic E-state index is 10.7. The zero-order valence-electron chi connectivity index (χ0n) is 8.59. The van der Waals surface area contributed by atoms with Crippen LogP contribution in [0.5, 0.6) is 0 Å². The van der Waals surface area contributed by atoms with Gasteiger partial charge in [-0.3, -0.25) is 5.32 Å². The van der Waals surface area contributed by atoms with Gasteiger partial charge in [-0.05, 0) is 27.7 Å². The van der Waals surface area contributed by atoms with Crippen molar-refractivity contribution in [3.05, 3.63) is 12.7 Å². The summed E-state index contributed by atoms with van der Waals surface area (Å²) in [7, 11) is 0. The fourth-order valence-electron chi connectivity index (χ4n) is 0.862. The summed E-state index contributed by atoms with van der Waals surface area (Å²) in [6, 6.07) is 0. The van der Waals surface area contributed by atoms with Crippen LogP contribution in [0.2, 0.25) is 0 Å². The molecule has 0 aromatic rings. The Morgan fingerprint density at radius 3 is 2.31 bits per heavy atom. The number of carbonyl (C=O) groups excluding carboxylic acids is 1. The summed E-state index contributed by atoms with van der Waals surface area (Å²) in [5, 5.41) is 3.09. The molecule has 1 atom stereocenters. The van der Waals surface area contributed by atoms with Gasteiger partial charge in [0, 0.05) is 11.6 Å². The lowest BCUT2D eigenvalue weighted by atomic mass is 10.1. The third-order valence-corrected chi connectivity index (χ3v) is 1.10. The Balaban J connectivity index is 0. The Labute approximate surface area is 90.3 Å². The maximum absolute atomic E-state index is 10.7. The van der Waals surface area contributed by atoms with Crippen molar-refractivity contribution < 1.29 is 9.53 Å². The van der Waals surface area contributed by atoms with Crippen LogP contribution >= 0.6 is 17.0 Å². The lowest BCUT2D eigenvalue weighted by molar-refractivity contribution is -0.144. The van der Waals surface area contributed by atoms with E-state index in [-0.39, 0.29) is 28.7 Å². The molecule has 0 aliphatic carbocycles. The quantitative estimate of drug-likeness (QED) is 0.474. The summed E-state index contributed by atoms with van der Waals surface area (Å²) in [5.41, 5.74) is -0.0547. The van der Waals surface area contributed by atoms with Crippen molar-refractivity contribution in [1.29, 1.82) is 0 Å². The second kappa shape index (κ2) is 6.16. The van der Waals surface area contributed by atoms with E-state index < -0.39 is 5.97 Å². The van der Waals surface area contributed by atoms with Crippen LogP contribution in [0.15, 0.2) is 12.7 Å². The number of halogens is 1. The molecule has 0 saturated heterocycles. The average Bonchev–Trinajstić information content (AvgIpc) is 1.82. The summed E-state index contributed by atoms with van der Waals surface area (Å²) in [6.45, 7) is 11.1. The molecule has 3 nitrogen and oxygen atoms in total. The topological polar surface area (TPSA) is 38.3 Å². The van der Waals surface area contributed by atoms with Crippen LogP contribution in [0.25, 0.3) is 0 Å². The Hall–Kier alpha value is -0.350. The van der Waals surface area contributed by atoms with Gasteiger partial charge in [-0.15, -0.1) is 17.0 Å². The highest BCUT2D eigenvalue weighted by Gasteiger charge is 2.15. The first-order chi connectivity index (χ1) is 5.35. The predicted octanol–water partition coefficient (Wildman–Crippen LogP) is 2.03. The third-order valence-electron chi connectivity index (χ3n) is 1.10. The van der Waals surface area contributed by atoms with E-state index in [2.05, 4.69) is 11.9 Å². The molecule has 0 spiro atoms. The van der Waals surface area contributed by atoms with Gasteiger partial charge in [-0.25, -0.2) is 4.79 Å². The molecule has 0 amide bonds. The molecule has 0 aromatic carbocycles. The van der Waals surface area contributed by atoms with E-state index in [1.807, 2.05) is 20.8 Å². The number of hydrogen-bond donors (Lipinski definition) is 1. The summed E-state index contributed by atoms with van der Waals surface area (Å²) >= 11 is 0. The SMILES string of the molecule is Br.C=CC(=O)OC(C)NC(C)(C)C. The van der Waals surface area contributed by atoms with Crippen LogP contribution in [-0.4, -0.2) is 17.7 Å². The number of carbonyl (C=O) groups is 1. The Bertz CT molecular complexity index is 175. The number of nitrogens with one attached hydrogen (secondary N) is 1. The molecule has 4 heteroatoms. The molecule has 1 unspecified atom stereocenters. The minimum absolute atomic E-state index is 0. The summed E-state index contributed by atoms with van der Waals surface area (Å²) in [4.78, 5) is 10.7. The Morgan fingerprint density at radius 1 is 1.54 bits per heavy atom.